The maximum absolute atomic E-state index is 14.0. The smallest absolute Gasteiger partial charge is 0.149 e. The first-order valence-corrected chi connectivity index (χ1v) is 8.19. The number of pyridine rings is 1. The Morgan fingerprint density at radius 2 is 2.30 bits per heavy atom. The fourth-order valence-electron chi connectivity index (χ4n) is 3.26. The van der Waals surface area contributed by atoms with Crippen LogP contribution in [0, 0.1) is 12.7 Å². The highest BCUT2D eigenvalue weighted by Crippen LogP contribution is 2.25. The molecule has 1 fully saturated rings. The van der Waals surface area contributed by atoms with E-state index in [-0.39, 0.29) is 5.82 Å². The summed E-state index contributed by atoms with van der Waals surface area (Å²) in [5.74, 6) is -0.274. The summed E-state index contributed by atoms with van der Waals surface area (Å²) in [6, 6.07) is 7.89. The lowest BCUT2D eigenvalue weighted by atomic mass is 10.1. The van der Waals surface area contributed by atoms with Crippen LogP contribution in [0.3, 0.4) is 0 Å². The van der Waals surface area contributed by atoms with E-state index in [9.17, 15) is 4.39 Å². The van der Waals surface area contributed by atoms with E-state index >= 15 is 0 Å². The van der Waals surface area contributed by atoms with E-state index in [2.05, 4.69) is 29.0 Å². The van der Waals surface area contributed by atoms with Crippen LogP contribution in [0.4, 0.5) is 10.1 Å². The van der Waals surface area contributed by atoms with Crippen LogP contribution in [0.25, 0.3) is 10.9 Å². The van der Waals surface area contributed by atoms with E-state index in [1.165, 1.54) is 6.07 Å². The Hall–Kier alpha value is -1.72. The number of nitrogens with one attached hydrogen (secondary N) is 1. The Morgan fingerprint density at radius 1 is 1.48 bits per heavy atom. The molecule has 0 spiro atoms. The number of nitrogens with zero attached hydrogens (tertiary/aromatic N) is 2. The number of ether oxygens (including phenoxy) is 1. The molecule has 1 N–H and O–H groups in total. The van der Waals surface area contributed by atoms with Gasteiger partial charge in [0.2, 0.25) is 0 Å². The SMILES string of the molecule is Cc1cc(NCC(C)N2CCOCC2C)c2cccc(F)c2n1. The summed E-state index contributed by atoms with van der Waals surface area (Å²) >= 11 is 0. The molecule has 1 saturated heterocycles. The molecule has 2 unspecified atom stereocenters. The second-order valence-corrected chi connectivity index (χ2v) is 6.34. The molecule has 1 aliphatic rings. The molecule has 1 aliphatic heterocycles. The van der Waals surface area contributed by atoms with E-state index in [1.807, 2.05) is 19.1 Å². The van der Waals surface area contributed by atoms with Gasteiger partial charge in [-0.3, -0.25) is 4.90 Å². The number of rotatable bonds is 4. The molecule has 5 heteroatoms. The molecule has 0 aliphatic carbocycles. The zero-order valence-corrected chi connectivity index (χ0v) is 14.0. The number of halogens is 1. The van der Waals surface area contributed by atoms with Crippen molar-refractivity contribution in [2.75, 3.05) is 31.6 Å². The summed E-state index contributed by atoms with van der Waals surface area (Å²) in [6.07, 6.45) is 0. The van der Waals surface area contributed by atoms with Gasteiger partial charge in [0.1, 0.15) is 11.3 Å². The van der Waals surface area contributed by atoms with Gasteiger partial charge in [-0.15, -0.1) is 0 Å². The lowest BCUT2D eigenvalue weighted by molar-refractivity contribution is -0.0159. The van der Waals surface area contributed by atoms with Crippen molar-refractivity contribution in [3.05, 3.63) is 35.8 Å². The van der Waals surface area contributed by atoms with Gasteiger partial charge in [0.25, 0.3) is 0 Å². The number of aryl methyl sites for hydroxylation is 1. The van der Waals surface area contributed by atoms with E-state index in [4.69, 9.17) is 4.74 Å². The van der Waals surface area contributed by atoms with Crippen molar-refractivity contribution in [1.82, 2.24) is 9.88 Å². The Bertz CT molecular complexity index is 691. The van der Waals surface area contributed by atoms with E-state index < -0.39 is 0 Å². The summed E-state index contributed by atoms with van der Waals surface area (Å²) < 4.78 is 19.5. The van der Waals surface area contributed by atoms with Crippen LogP contribution in [0.1, 0.15) is 19.5 Å². The second kappa shape index (κ2) is 6.81. The molecule has 23 heavy (non-hydrogen) atoms. The minimum absolute atomic E-state index is 0.274. The number of hydrogen-bond acceptors (Lipinski definition) is 4. The van der Waals surface area contributed by atoms with Gasteiger partial charge < -0.3 is 10.1 Å². The van der Waals surface area contributed by atoms with E-state index in [0.29, 0.717) is 17.6 Å². The van der Waals surface area contributed by atoms with Crippen LogP contribution >= 0.6 is 0 Å². The van der Waals surface area contributed by atoms with Gasteiger partial charge in [-0.25, -0.2) is 9.37 Å². The quantitative estimate of drug-likeness (QED) is 0.939. The zero-order valence-electron chi connectivity index (χ0n) is 14.0. The van der Waals surface area contributed by atoms with Crippen molar-refractivity contribution >= 4 is 16.6 Å². The van der Waals surface area contributed by atoms with Crippen LogP contribution in [0.15, 0.2) is 24.3 Å². The predicted molar refractivity (Wildman–Crippen MR) is 91.4 cm³/mol. The Balaban J connectivity index is 1.78. The van der Waals surface area contributed by atoms with Gasteiger partial charge in [0.15, 0.2) is 0 Å². The molecule has 2 atom stereocenters. The molecular weight excluding hydrogens is 293 g/mol. The fraction of sp³-hybridized carbons (Fsp3) is 0.500. The standard InChI is InChI=1S/C18H24FN3O/c1-12-9-17(15-5-4-6-16(19)18(15)21-12)20-10-13(2)22-7-8-23-11-14(22)3/h4-6,9,13-14H,7-8,10-11H2,1-3H3,(H,20,21). The van der Waals surface area contributed by atoms with Gasteiger partial charge in [-0.05, 0) is 32.9 Å². The molecule has 0 saturated carbocycles. The fourth-order valence-corrected chi connectivity index (χ4v) is 3.26. The Kier molecular flexibility index (Phi) is 4.78. The van der Waals surface area contributed by atoms with Gasteiger partial charge in [-0.2, -0.15) is 0 Å². The number of fused-ring (bicyclic) bond motifs is 1. The second-order valence-electron chi connectivity index (χ2n) is 6.34. The number of benzene rings is 1. The van der Waals surface area contributed by atoms with Crippen LogP contribution in [0.5, 0.6) is 0 Å². The summed E-state index contributed by atoms with van der Waals surface area (Å²) in [7, 11) is 0. The highest BCUT2D eigenvalue weighted by atomic mass is 19.1. The van der Waals surface area contributed by atoms with Crippen LogP contribution < -0.4 is 5.32 Å². The number of hydrogen-bond donors (Lipinski definition) is 1. The highest BCUT2D eigenvalue weighted by Gasteiger charge is 2.23. The maximum Gasteiger partial charge on any atom is 0.149 e. The maximum atomic E-state index is 14.0. The summed E-state index contributed by atoms with van der Waals surface area (Å²) in [6.45, 7) is 9.63. The average Bonchev–Trinajstić information content (AvgIpc) is 2.53. The van der Waals surface area contributed by atoms with Gasteiger partial charge >= 0.3 is 0 Å². The van der Waals surface area contributed by atoms with Crippen molar-refractivity contribution in [2.45, 2.75) is 32.9 Å². The minimum Gasteiger partial charge on any atom is -0.383 e. The van der Waals surface area contributed by atoms with Crippen molar-refractivity contribution in [1.29, 1.82) is 0 Å². The molecule has 3 rings (SSSR count). The number of para-hydroxylation sites is 1. The Labute approximate surface area is 136 Å². The van der Waals surface area contributed by atoms with Crippen LogP contribution in [-0.2, 0) is 4.74 Å². The van der Waals surface area contributed by atoms with Gasteiger partial charge in [-0.1, -0.05) is 12.1 Å². The average molecular weight is 317 g/mol. The molecule has 1 aromatic carbocycles. The Morgan fingerprint density at radius 3 is 3.09 bits per heavy atom. The monoisotopic (exact) mass is 317 g/mol. The number of aromatic nitrogens is 1. The third-order valence-corrected chi connectivity index (χ3v) is 4.49. The highest BCUT2D eigenvalue weighted by molar-refractivity contribution is 5.91. The lowest BCUT2D eigenvalue weighted by Crippen LogP contribution is -2.50. The van der Waals surface area contributed by atoms with E-state index in [0.717, 1.165) is 43.1 Å². The molecule has 2 aromatic rings. The third kappa shape index (κ3) is 3.46. The normalized spacial score (nSPS) is 20.6. The van der Waals surface area contributed by atoms with Crippen molar-refractivity contribution in [3.8, 4) is 0 Å². The molecule has 124 valence electrons. The summed E-state index contributed by atoms with van der Waals surface area (Å²) in [5, 5.41) is 4.32. The lowest BCUT2D eigenvalue weighted by Gasteiger charge is -2.38. The summed E-state index contributed by atoms with van der Waals surface area (Å²) in [5.41, 5.74) is 2.19. The number of anilines is 1. The first kappa shape index (κ1) is 16.1. The third-order valence-electron chi connectivity index (χ3n) is 4.49. The molecule has 4 nitrogen and oxygen atoms in total. The van der Waals surface area contributed by atoms with E-state index in [1.54, 1.807) is 6.07 Å². The minimum atomic E-state index is -0.274. The van der Waals surface area contributed by atoms with Crippen LogP contribution in [-0.4, -0.2) is 48.3 Å². The van der Waals surface area contributed by atoms with Crippen molar-refractivity contribution in [3.63, 3.8) is 0 Å². The largest absolute Gasteiger partial charge is 0.383 e. The first-order chi connectivity index (χ1) is 11.1. The molecule has 1 aromatic heterocycles. The topological polar surface area (TPSA) is 37.4 Å². The molecule has 2 heterocycles. The zero-order chi connectivity index (χ0) is 16.4. The van der Waals surface area contributed by atoms with Crippen molar-refractivity contribution < 1.29 is 9.13 Å². The molecule has 0 bridgehead atoms. The predicted octanol–water partition coefficient (Wildman–Crippen LogP) is 3.20. The number of morpholine rings is 1. The van der Waals surface area contributed by atoms with Gasteiger partial charge in [0.05, 0.1) is 13.2 Å². The van der Waals surface area contributed by atoms with Gasteiger partial charge in [0, 0.05) is 41.9 Å². The molecular formula is C18H24FN3O. The molecule has 0 radical (unpaired) electrons. The summed E-state index contributed by atoms with van der Waals surface area (Å²) in [4.78, 5) is 6.77. The van der Waals surface area contributed by atoms with Crippen LogP contribution in [0.2, 0.25) is 0 Å². The first-order valence-electron chi connectivity index (χ1n) is 8.19. The molecule has 0 amide bonds. The van der Waals surface area contributed by atoms with Crippen molar-refractivity contribution in [2.24, 2.45) is 0 Å².